The number of rotatable bonds is 6. The van der Waals surface area contributed by atoms with Gasteiger partial charge < -0.3 is 29.5 Å². The lowest BCUT2D eigenvalue weighted by Gasteiger charge is -2.68. The second-order valence-corrected chi connectivity index (χ2v) is 16.6. The lowest BCUT2D eigenvalue weighted by molar-refractivity contribution is -0.220. The maximum Gasteiger partial charge on any atom is 0.333 e. The SMILES string of the molecule is C/C=C(\C)C(=O)O[C@@H]1CC[C@]2(C)[C@H]3CC[C@]4(C)C(=CC[C@H]4[C@@H]4C[C@H]([C@H](O)C(C)(C)O)O[C@H]4OC)[C@]3(C)[C@H](O)C[C@H]2C1(C)C. The van der Waals surface area contributed by atoms with Gasteiger partial charge in [-0.3, -0.25) is 0 Å². The average molecular weight is 603 g/mol. The van der Waals surface area contributed by atoms with E-state index in [2.05, 4.69) is 40.7 Å². The van der Waals surface area contributed by atoms with Crippen LogP contribution >= 0.6 is 0 Å². The summed E-state index contributed by atoms with van der Waals surface area (Å²) in [7, 11) is 1.67. The Balaban J connectivity index is 1.41. The van der Waals surface area contributed by atoms with Crippen LogP contribution in [0.15, 0.2) is 23.3 Å². The largest absolute Gasteiger partial charge is 0.458 e. The zero-order chi connectivity index (χ0) is 31.9. The third kappa shape index (κ3) is 4.90. The van der Waals surface area contributed by atoms with Gasteiger partial charge in [0.1, 0.15) is 12.2 Å². The minimum atomic E-state index is -1.26. The molecule has 3 N–H and O–H groups in total. The second kappa shape index (κ2) is 10.9. The monoisotopic (exact) mass is 602 g/mol. The highest BCUT2D eigenvalue weighted by Gasteiger charge is 2.69. The van der Waals surface area contributed by atoms with Crippen LogP contribution in [-0.2, 0) is 19.0 Å². The summed E-state index contributed by atoms with van der Waals surface area (Å²) in [4.78, 5) is 12.8. The molecule has 43 heavy (non-hydrogen) atoms. The van der Waals surface area contributed by atoms with Gasteiger partial charge in [-0.25, -0.2) is 4.79 Å². The van der Waals surface area contributed by atoms with Gasteiger partial charge in [-0.2, -0.15) is 0 Å². The number of carbonyl (C=O) groups is 1. The summed E-state index contributed by atoms with van der Waals surface area (Å²) in [6.45, 7) is 18.6. The first kappa shape index (κ1) is 33.1. The molecule has 1 aliphatic heterocycles. The average Bonchev–Trinajstić information content (AvgIpc) is 3.51. The van der Waals surface area contributed by atoms with Crippen LogP contribution in [0, 0.1) is 45.3 Å². The molecule has 0 aromatic rings. The van der Waals surface area contributed by atoms with Gasteiger partial charge >= 0.3 is 5.97 Å². The molecule has 7 heteroatoms. The first-order valence-corrected chi connectivity index (χ1v) is 16.7. The Morgan fingerprint density at radius 1 is 1.12 bits per heavy atom. The van der Waals surface area contributed by atoms with E-state index in [1.807, 2.05) is 19.9 Å². The Kier molecular flexibility index (Phi) is 8.42. The van der Waals surface area contributed by atoms with Crippen molar-refractivity contribution in [2.24, 2.45) is 45.3 Å². The van der Waals surface area contributed by atoms with Gasteiger partial charge in [0.25, 0.3) is 0 Å². The van der Waals surface area contributed by atoms with Gasteiger partial charge in [0.2, 0.25) is 0 Å². The summed E-state index contributed by atoms with van der Waals surface area (Å²) in [6, 6.07) is 0. The fourth-order valence-corrected chi connectivity index (χ4v) is 11.1. The van der Waals surface area contributed by atoms with Crippen molar-refractivity contribution in [3.63, 3.8) is 0 Å². The summed E-state index contributed by atoms with van der Waals surface area (Å²) >= 11 is 0. The van der Waals surface area contributed by atoms with Crippen LogP contribution in [0.5, 0.6) is 0 Å². The number of aliphatic hydroxyl groups excluding tert-OH is 2. The van der Waals surface area contributed by atoms with Crippen LogP contribution in [0.4, 0.5) is 0 Å². The number of allylic oxidation sites excluding steroid dienone is 2. The third-order valence-electron chi connectivity index (χ3n) is 13.7. The van der Waals surface area contributed by atoms with Crippen molar-refractivity contribution in [3.05, 3.63) is 23.3 Å². The van der Waals surface area contributed by atoms with E-state index in [9.17, 15) is 20.1 Å². The van der Waals surface area contributed by atoms with Crippen molar-refractivity contribution < 1.29 is 34.3 Å². The molecule has 4 aliphatic carbocycles. The van der Waals surface area contributed by atoms with E-state index in [4.69, 9.17) is 14.2 Å². The summed E-state index contributed by atoms with van der Waals surface area (Å²) in [5.74, 6) is 0.673. The maximum atomic E-state index is 12.8. The topological polar surface area (TPSA) is 105 Å². The highest BCUT2D eigenvalue weighted by Crippen LogP contribution is 2.73. The number of fused-ring (bicyclic) bond motifs is 5. The number of hydrogen-bond acceptors (Lipinski definition) is 7. The summed E-state index contributed by atoms with van der Waals surface area (Å²) in [5.41, 5.74) is 0.0766. The zero-order valence-corrected chi connectivity index (χ0v) is 28.3. The standard InChI is InChI=1S/C36H58O7/c1-11-20(2)30(39)43-28-15-17-35(8)25-14-16-34(7)22(21-18-23(42-31(21)41-10)29(38)33(5,6)40)12-13-24(34)36(25,9)27(37)19-26(35)32(28,3)4/h11,13,21-23,25-29,31,37-38,40H,12,14-19H2,1-10H3/b20-11+/t21-,22-,23+,25+,26-,27+,28+,29-,31+,34-,35+,36-/m0/s1. The minimum Gasteiger partial charge on any atom is -0.458 e. The number of ether oxygens (including phenoxy) is 3. The van der Waals surface area contributed by atoms with Crippen LogP contribution < -0.4 is 0 Å². The molecule has 5 rings (SSSR count). The van der Waals surface area contributed by atoms with Crippen molar-refractivity contribution in [2.75, 3.05) is 7.11 Å². The Morgan fingerprint density at radius 2 is 1.79 bits per heavy atom. The molecule has 12 atom stereocenters. The molecule has 3 saturated carbocycles. The molecule has 0 bridgehead atoms. The van der Waals surface area contributed by atoms with Gasteiger partial charge in [0.05, 0.1) is 17.8 Å². The van der Waals surface area contributed by atoms with E-state index in [0.717, 1.165) is 32.1 Å². The normalized spacial score (nSPS) is 46.8. The Hall–Kier alpha value is -1.25. The van der Waals surface area contributed by atoms with Crippen LogP contribution in [0.3, 0.4) is 0 Å². The summed E-state index contributed by atoms with van der Waals surface area (Å²) < 4.78 is 18.2. The van der Waals surface area contributed by atoms with Crippen LogP contribution in [-0.4, -0.2) is 64.7 Å². The molecule has 1 heterocycles. The quantitative estimate of drug-likeness (QED) is 0.196. The maximum absolute atomic E-state index is 12.8. The van der Waals surface area contributed by atoms with Gasteiger partial charge in [0, 0.05) is 29.4 Å². The van der Waals surface area contributed by atoms with Crippen molar-refractivity contribution in [3.8, 4) is 0 Å². The molecule has 0 unspecified atom stereocenters. The molecule has 0 aromatic heterocycles. The molecule has 0 amide bonds. The Bertz CT molecular complexity index is 1150. The minimum absolute atomic E-state index is 0.0176. The molecule has 0 spiro atoms. The molecule has 5 aliphatic rings. The third-order valence-corrected chi connectivity index (χ3v) is 13.7. The molecule has 0 aromatic carbocycles. The van der Waals surface area contributed by atoms with E-state index in [1.165, 1.54) is 5.57 Å². The molecular weight excluding hydrogens is 544 g/mol. The van der Waals surface area contributed by atoms with Gasteiger partial charge in [0.15, 0.2) is 6.29 Å². The van der Waals surface area contributed by atoms with E-state index in [0.29, 0.717) is 24.3 Å². The van der Waals surface area contributed by atoms with Crippen molar-refractivity contribution in [2.45, 2.75) is 144 Å². The lowest BCUT2D eigenvalue weighted by Crippen LogP contribution is -2.65. The lowest BCUT2D eigenvalue weighted by atomic mass is 9.37. The molecule has 1 saturated heterocycles. The van der Waals surface area contributed by atoms with E-state index in [-0.39, 0.29) is 51.5 Å². The Labute approximate surface area is 259 Å². The zero-order valence-electron chi connectivity index (χ0n) is 28.3. The summed E-state index contributed by atoms with van der Waals surface area (Å²) in [6.07, 6.45) is 7.75. The number of aliphatic hydroxyl groups is 3. The van der Waals surface area contributed by atoms with E-state index < -0.39 is 30.2 Å². The molecule has 0 radical (unpaired) electrons. The number of methoxy groups -OCH3 is 1. The van der Waals surface area contributed by atoms with Crippen LogP contribution in [0.25, 0.3) is 0 Å². The van der Waals surface area contributed by atoms with Crippen molar-refractivity contribution in [1.82, 2.24) is 0 Å². The molecule has 4 fully saturated rings. The highest BCUT2D eigenvalue weighted by atomic mass is 16.7. The van der Waals surface area contributed by atoms with E-state index in [1.54, 1.807) is 21.0 Å². The van der Waals surface area contributed by atoms with E-state index >= 15 is 0 Å². The van der Waals surface area contributed by atoms with Crippen molar-refractivity contribution in [1.29, 1.82) is 0 Å². The number of esters is 1. The van der Waals surface area contributed by atoms with Gasteiger partial charge in [-0.05, 0) is 101 Å². The number of hydrogen-bond donors (Lipinski definition) is 3. The second-order valence-electron chi connectivity index (χ2n) is 16.6. The van der Waals surface area contributed by atoms with Gasteiger partial charge in [-0.15, -0.1) is 0 Å². The Morgan fingerprint density at radius 3 is 2.40 bits per heavy atom. The van der Waals surface area contributed by atoms with Crippen LogP contribution in [0.2, 0.25) is 0 Å². The molecule has 244 valence electrons. The number of carbonyl (C=O) groups excluding carboxylic acids is 1. The first-order chi connectivity index (χ1) is 19.9. The molecular formula is C36H58O7. The van der Waals surface area contributed by atoms with Crippen LogP contribution in [0.1, 0.15) is 107 Å². The predicted molar refractivity (Wildman–Crippen MR) is 166 cm³/mol. The van der Waals surface area contributed by atoms with Crippen molar-refractivity contribution >= 4 is 5.97 Å². The first-order valence-electron chi connectivity index (χ1n) is 16.7. The predicted octanol–water partition coefficient (Wildman–Crippen LogP) is 5.95. The highest BCUT2D eigenvalue weighted by molar-refractivity contribution is 5.87. The smallest absolute Gasteiger partial charge is 0.333 e. The summed E-state index contributed by atoms with van der Waals surface area (Å²) in [5, 5.41) is 33.6. The fourth-order valence-electron chi connectivity index (χ4n) is 11.1. The van der Waals surface area contributed by atoms with Gasteiger partial charge in [-0.1, -0.05) is 52.3 Å². The fraction of sp³-hybridized carbons (Fsp3) is 0.861. The molecule has 7 nitrogen and oxygen atoms in total.